The van der Waals surface area contributed by atoms with Gasteiger partial charge in [-0.2, -0.15) is 0 Å². The van der Waals surface area contributed by atoms with Gasteiger partial charge in [0.05, 0.1) is 18.3 Å². The van der Waals surface area contributed by atoms with Crippen LogP contribution >= 0.6 is 0 Å². The molecule has 2 aliphatic rings. The van der Waals surface area contributed by atoms with Gasteiger partial charge in [-0.15, -0.1) is 0 Å². The van der Waals surface area contributed by atoms with Crippen LogP contribution in [0.15, 0.2) is 24.3 Å². The maximum absolute atomic E-state index is 10.6. The van der Waals surface area contributed by atoms with Crippen LogP contribution in [-0.2, 0) is 11.2 Å². The van der Waals surface area contributed by atoms with Gasteiger partial charge in [0, 0.05) is 6.42 Å². The molecule has 1 fully saturated rings. The summed E-state index contributed by atoms with van der Waals surface area (Å²) in [5.74, 6) is 0.730. The average Bonchev–Trinajstić information content (AvgIpc) is 2.34. The van der Waals surface area contributed by atoms with E-state index in [-0.39, 0.29) is 6.10 Å². The van der Waals surface area contributed by atoms with E-state index >= 15 is 0 Å². The highest BCUT2D eigenvalue weighted by molar-refractivity contribution is 5.31. The van der Waals surface area contributed by atoms with E-state index in [0.29, 0.717) is 0 Å². The number of ether oxygens (including phenoxy) is 1. The fourth-order valence-corrected chi connectivity index (χ4v) is 3.45. The third-order valence-electron chi connectivity index (χ3n) is 4.67. The van der Waals surface area contributed by atoms with Gasteiger partial charge in [-0.1, -0.05) is 43.5 Å². The molecule has 1 aliphatic carbocycles. The molecule has 2 unspecified atom stereocenters. The molecule has 2 atom stereocenters. The van der Waals surface area contributed by atoms with Gasteiger partial charge in [0.1, 0.15) is 0 Å². The molecule has 2 nitrogen and oxygen atoms in total. The molecule has 0 spiro atoms. The summed E-state index contributed by atoms with van der Waals surface area (Å²) in [6.45, 7) is 2.76. The predicted molar refractivity (Wildman–Crippen MR) is 76.0 cm³/mol. The summed E-state index contributed by atoms with van der Waals surface area (Å²) in [4.78, 5) is 0. The van der Waals surface area contributed by atoms with E-state index in [2.05, 4.69) is 24.3 Å². The first-order valence-electron chi connectivity index (χ1n) is 7.56. The van der Waals surface area contributed by atoms with E-state index in [0.717, 1.165) is 31.8 Å². The van der Waals surface area contributed by atoms with Gasteiger partial charge in [0.15, 0.2) is 0 Å². The minimum Gasteiger partial charge on any atom is -0.390 e. The van der Waals surface area contributed by atoms with Crippen LogP contribution in [0.1, 0.15) is 56.3 Å². The smallest absolute Gasteiger partial charge is 0.0855 e. The van der Waals surface area contributed by atoms with Crippen molar-refractivity contribution in [3.63, 3.8) is 0 Å². The van der Waals surface area contributed by atoms with E-state index in [1.165, 1.54) is 30.4 Å². The van der Waals surface area contributed by atoms with Crippen LogP contribution in [0.5, 0.6) is 0 Å². The molecule has 19 heavy (non-hydrogen) atoms. The second-order valence-corrected chi connectivity index (χ2v) is 6.51. The van der Waals surface area contributed by atoms with Crippen molar-refractivity contribution < 1.29 is 9.84 Å². The van der Waals surface area contributed by atoms with Crippen molar-refractivity contribution in [2.24, 2.45) is 5.92 Å². The molecule has 1 heterocycles. The maximum atomic E-state index is 10.6. The minimum atomic E-state index is -0.597. The van der Waals surface area contributed by atoms with Gasteiger partial charge in [-0.3, -0.25) is 0 Å². The third kappa shape index (κ3) is 3.01. The molecular weight excluding hydrogens is 236 g/mol. The molecule has 1 N–H and O–H groups in total. The number of fused-ring (bicyclic) bond motifs is 1. The first kappa shape index (κ1) is 13.1. The molecule has 1 aromatic carbocycles. The molecule has 1 saturated carbocycles. The van der Waals surface area contributed by atoms with Crippen molar-refractivity contribution in [3.8, 4) is 0 Å². The Morgan fingerprint density at radius 1 is 1.26 bits per heavy atom. The molecule has 1 aromatic rings. The number of benzene rings is 1. The van der Waals surface area contributed by atoms with Gasteiger partial charge < -0.3 is 9.84 Å². The first-order valence-corrected chi connectivity index (χ1v) is 7.56. The molecule has 2 heteroatoms. The Kier molecular flexibility index (Phi) is 3.64. The number of hydrogen-bond donors (Lipinski definition) is 1. The molecule has 0 aromatic heterocycles. The maximum Gasteiger partial charge on any atom is 0.0855 e. The van der Waals surface area contributed by atoms with Crippen LogP contribution in [0, 0.1) is 5.92 Å². The highest BCUT2D eigenvalue weighted by atomic mass is 16.5. The zero-order valence-corrected chi connectivity index (χ0v) is 11.8. The second kappa shape index (κ2) is 5.26. The molecule has 3 rings (SSSR count). The Balaban J connectivity index is 1.69. The summed E-state index contributed by atoms with van der Waals surface area (Å²) in [5.41, 5.74) is 2.07. The fourth-order valence-electron chi connectivity index (χ4n) is 3.45. The highest BCUT2D eigenvalue weighted by Crippen LogP contribution is 2.39. The SMILES string of the molecule is CC(O)(CC1CCC1)CC1OCCc2ccccc21. The second-order valence-electron chi connectivity index (χ2n) is 6.51. The Hall–Kier alpha value is -0.860. The average molecular weight is 260 g/mol. The summed E-state index contributed by atoms with van der Waals surface area (Å²) in [7, 11) is 0. The van der Waals surface area contributed by atoms with Crippen LogP contribution < -0.4 is 0 Å². The Bertz CT molecular complexity index is 435. The predicted octanol–water partition coefficient (Wildman–Crippen LogP) is 3.63. The molecule has 0 saturated heterocycles. The molecule has 0 amide bonds. The zero-order valence-electron chi connectivity index (χ0n) is 11.8. The summed E-state index contributed by atoms with van der Waals surface area (Å²) < 4.78 is 5.91. The minimum absolute atomic E-state index is 0.0695. The van der Waals surface area contributed by atoms with Crippen molar-refractivity contribution in [3.05, 3.63) is 35.4 Å². The topological polar surface area (TPSA) is 29.5 Å². The molecule has 1 aliphatic heterocycles. The molecular formula is C17H24O2. The van der Waals surface area contributed by atoms with Crippen molar-refractivity contribution in [2.45, 2.75) is 57.2 Å². The number of rotatable bonds is 4. The Labute approximate surface area is 115 Å². The van der Waals surface area contributed by atoms with E-state index in [9.17, 15) is 5.11 Å². The first-order chi connectivity index (χ1) is 9.14. The summed E-state index contributed by atoms with van der Waals surface area (Å²) in [6.07, 6.45) is 6.63. The lowest BCUT2D eigenvalue weighted by molar-refractivity contribution is -0.0527. The zero-order chi connectivity index (χ0) is 13.3. The van der Waals surface area contributed by atoms with Crippen LogP contribution in [0.4, 0.5) is 0 Å². The van der Waals surface area contributed by atoms with Crippen molar-refractivity contribution in [1.29, 1.82) is 0 Å². The number of hydrogen-bond acceptors (Lipinski definition) is 2. The lowest BCUT2D eigenvalue weighted by Crippen LogP contribution is -2.33. The Morgan fingerprint density at radius 3 is 2.79 bits per heavy atom. The quantitative estimate of drug-likeness (QED) is 0.895. The highest BCUT2D eigenvalue weighted by Gasteiger charge is 2.33. The Morgan fingerprint density at radius 2 is 2.05 bits per heavy atom. The summed E-state index contributed by atoms with van der Waals surface area (Å²) >= 11 is 0. The van der Waals surface area contributed by atoms with E-state index in [1.807, 2.05) is 6.92 Å². The van der Waals surface area contributed by atoms with Crippen molar-refractivity contribution in [1.82, 2.24) is 0 Å². The van der Waals surface area contributed by atoms with Crippen LogP contribution in [0.3, 0.4) is 0 Å². The van der Waals surface area contributed by atoms with E-state index in [4.69, 9.17) is 4.74 Å². The van der Waals surface area contributed by atoms with Crippen molar-refractivity contribution >= 4 is 0 Å². The van der Waals surface area contributed by atoms with Gasteiger partial charge in [-0.25, -0.2) is 0 Å². The van der Waals surface area contributed by atoms with E-state index in [1.54, 1.807) is 0 Å². The monoisotopic (exact) mass is 260 g/mol. The fraction of sp³-hybridized carbons (Fsp3) is 0.647. The van der Waals surface area contributed by atoms with Crippen LogP contribution in [-0.4, -0.2) is 17.3 Å². The van der Waals surface area contributed by atoms with Gasteiger partial charge in [0.2, 0.25) is 0 Å². The van der Waals surface area contributed by atoms with E-state index < -0.39 is 5.60 Å². The van der Waals surface area contributed by atoms with Crippen molar-refractivity contribution in [2.75, 3.05) is 6.61 Å². The van der Waals surface area contributed by atoms with Gasteiger partial charge in [0.25, 0.3) is 0 Å². The van der Waals surface area contributed by atoms with Gasteiger partial charge >= 0.3 is 0 Å². The molecule has 0 radical (unpaired) electrons. The van der Waals surface area contributed by atoms with Crippen LogP contribution in [0.2, 0.25) is 0 Å². The molecule has 104 valence electrons. The van der Waals surface area contributed by atoms with Crippen LogP contribution in [0.25, 0.3) is 0 Å². The number of aliphatic hydroxyl groups is 1. The van der Waals surface area contributed by atoms with Gasteiger partial charge in [-0.05, 0) is 36.8 Å². The lowest BCUT2D eigenvalue weighted by Gasteiger charge is -2.37. The largest absolute Gasteiger partial charge is 0.390 e. The lowest BCUT2D eigenvalue weighted by atomic mass is 9.75. The summed E-state index contributed by atoms with van der Waals surface area (Å²) in [5, 5.41) is 10.6. The molecule has 0 bridgehead atoms. The normalized spacial score (nSPS) is 26.3. The third-order valence-corrected chi connectivity index (χ3v) is 4.67. The summed E-state index contributed by atoms with van der Waals surface area (Å²) in [6, 6.07) is 8.50. The standard InChI is InChI=1S/C17H24O2/c1-17(18,11-13-5-4-6-13)12-16-15-8-3-2-7-14(15)9-10-19-16/h2-3,7-8,13,16,18H,4-6,9-12H2,1H3.